The van der Waals surface area contributed by atoms with E-state index in [1.165, 1.54) is 10.9 Å². The van der Waals surface area contributed by atoms with Gasteiger partial charge in [0.15, 0.2) is 0 Å². The summed E-state index contributed by atoms with van der Waals surface area (Å²) in [4.78, 5) is 21.4. The Kier molecular flexibility index (Phi) is 3.88. The number of carbonyl (C=O) groups excluding carboxylic acids is 2. The van der Waals surface area contributed by atoms with Crippen molar-refractivity contribution in [3.8, 4) is 0 Å². The van der Waals surface area contributed by atoms with Crippen LogP contribution in [-0.2, 0) is 11.8 Å². The predicted molar refractivity (Wildman–Crippen MR) is 55.7 cm³/mol. The van der Waals surface area contributed by atoms with E-state index in [1.54, 1.807) is 12.4 Å². The molecule has 1 aromatic rings. The molecule has 0 saturated heterocycles. The lowest BCUT2D eigenvalue weighted by molar-refractivity contribution is -0.251. The molecule has 1 heterocycles. The van der Waals surface area contributed by atoms with Crippen LogP contribution in [0.1, 0.15) is 0 Å². The van der Waals surface area contributed by atoms with Crippen molar-refractivity contribution in [1.82, 2.24) is 15.1 Å². The molecule has 9 heteroatoms. The van der Waals surface area contributed by atoms with Crippen LogP contribution in [0, 0.1) is 0 Å². The largest absolute Gasteiger partial charge is 0.530 e. The molecule has 17 heavy (non-hydrogen) atoms. The number of aromatic nitrogens is 2. The highest BCUT2D eigenvalue weighted by Gasteiger charge is 2.16. The number of aryl methyl sites for hydroxylation is 1. The Labute approximate surface area is 96.2 Å². The number of nitrogens with one attached hydrogen (secondary N) is 2. The Morgan fingerprint density at radius 3 is 2.82 bits per heavy atom. The fourth-order valence-electron chi connectivity index (χ4n) is 1.03. The van der Waals surface area contributed by atoms with Gasteiger partial charge in [-0.1, -0.05) is 0 Å². The highest BCUT2D eigenvalue weighted by Crippen LogP contribution is 2.15. The summed E-state index contributed by atoms with van der Waals surface area (Å²) in [6, 6.07) is 0. The van der Waals surface area contributed by atoms with Crippen LogP contribution in [0.4, 0.5) is 16.3 Å². The number of aliphatic hydroxyl groups excluding tert-OH is 1. The quantitative estimate of drug-likeness (QED) is 0.449. The van der Waals surface area contributed by atoms with Gasteiger partial charge in [0.05, 0.1) is 12.7 Å². The van der Waals surface area contributed by atoms with E-state index in [9.17, 15) is 19.8 Å². The average molecular weight is 242 g/mol. The highest BCUT2D eigenvalue weighted by atomic mass is 16.4. The smallest absolute Gasteiger partial charge is 0.255 e. The van der Waals surface area contributed by atoms with Crippen molar-refractivity contribution in [2.24, 2.45) is 7.05 Å². The van der Waals surface area contributed by atoms with Gasteiger partial charge >= 0.3 is 0 Å². The minimum Gasteiger partial charge on any atom is -0.530 e. The van der Waals surface area contributed by atoms with Gasteiger partial charge in [0, 0.05) is 7.05 Å². The summed E-state index contributed by atoms with van der Waals surface area (Å²) in [6.07, 6.45) is -1.79. The molecule has 0 aliphatic heterocycles. The molecule has 1 unspecified atom stereocenters. The number of carboxylic acid groups (broad SMARTS) is 1. The first-order valence-electron chi connectivity index (χ1n) is 4.63. The molecule has 0 radical (unpaired) electrons. The van der Waals surface area contributed by atoms with Gasteiger partial charge in [-0.2, -0.15) is 5.10 Å². The molecule has 1 atom stereocenters. The lowest BCUT2D eigenvalue weighted by Gasteiger charge is -2.12. The Hall–Kier alpha value is -2.29. The monoisotopic (exact) mass is 242 g/mol. The van der Waals surface area contributed by atoms with Crippen LogP contribution in [-0.4, -0.2) is 39.5 Å². The minimum atomic E-state index is -1.57. The second-order valence-electron chi connectivity index (χ2n) is 3.24. The normalized spacial score (nSPS) is 11.9. The second kappa shape index (κ2) is 5.16. The first-order valence-corrected chi connectivity index (χ1v) is 4.63. The molecule has 0 aliphatic carbocycles. The molecule has 0 fully saturated rings. The Morgan fingerprint density at radius 2 is 2.35 bits per heavy atom. The highest BCUT2D eigenvalue weighted by molar-refractivity contribution is 5.96. The van der Waals surface area contributed by atoms with Crippen LogP contribution in [0.5, 0.6) is 0 Å². The summed E-state index contributed by atoms with van der Waals surface area (Å²) >= 11 is 0. The summed E-state index contributed by atoms with van der Waals surface area (Å²) in [5.74, 6) is -0.572. The molecule has 1 aromatic heterocycles. The van der Waals surface area contributed by atoms with E-state index in [0.29, 0.717) is 0 Å². The molecule has 0 bridgehead atoms. The van der Waals surface area contributed by atoms with Crippen molar-refractivity contribution in [2.45, 2.75) is 6.10 Å². The number of nitrogens with zero attached hydrogens (tertiary/aromatic N) is 2. The summed E-state index contributed by atoms with van der Waals surface area (Å²) < 4.78 is 1.33. The summed E-state index contributed by atoms with van der Waals surface area (Å²) in [7, 11) is 1.58. The van der Waals surface area contributed by atoms with Crippen LogP contribution >= 0.6 is 0 Å². The van der Waals surface area contributed by atoms with Gasteiger partial charge in [-0.05, 0) is 0 Å². The number of amides is 2. The van der Waals surface area contributed by atoms with E-state index >= 15 is 0 Å². The molecular weight excluding hydrogens is 230 g/mol. The zero-order valence-corrected chi connectivity index (χ0v) is 9.01. The molecule has 2 amide bonds. The molecule has 0 spiro atoms. The number of carbonyl (C=O) groups is 2. The van der Waals surface area contributed by atoms with Crippen LogP contribution in [0.2, 0.25) is 0 Å². The zero-order valence-electron chi connectivity index (χ0n) is 9.01. The minimum absolute atomic E-state index is 0.221. The van der Waals surface area contributed by atoms with Crippen LogP contribution in [0.25, 0.3) is 0 Å². The first-order chi connectivity index (χ1) is 7.91. The van der Waals surface area contributed by atoms with Gasteiger partial charge in [-0.3, -0.25) is 9.48 Å². The number of hydrogen-bond donors (Lipinski definition) is 4. The van der Waals surface area contributed by atoms with E-state index in [4.69, 9.17) is 5.73 Å². The van der Waals surface area contributed by atoms with E-state index in [1.807, 2.05) is 0 Å². The summed E-state index contributed by atoms with van der Waals surface area (Å²) in [6.45, 7) is -0.464. The number of hydrogen-bond acceptors (Lipinski definition) is 6. The predicted octanol–water partition coefficient (Wildman–Crippen LogP) is -2.77. The fourth-order valence-corrected chi connectivity index (χ4v) is 1.03. The number of aliphatic hydroxyl groups is 1. The van der Waals surface area contributed by atoms with Crippen molar-refractivity contribution in [2.75, 3.05) is 17.6 Å². The number of anilines is 2. The topological polar surface area (TPSA) is 145 Å². The summed E-state index contributed by atoms with van der Waals surface area (Å²) in [5, 5.41) is 27.2. The van der Waals surface area contributed by atoms with E-state index in [0.717, 1.165) is 0 Å². The van der Waals surface area contributed by atoms with Crippen molar-refractivity contribution < 1.29 is 19.8 Å². The first kappa shape index (κ1) is 12.8. The maximum atomic E-state index is 11.4. The van der Waals surface area contributed by atoms with Crippen molar-refractivity contribution in [3.05, 3.63) is 6.20 Å². The van der Waals surface area contributed by atoms with E-state index in [-0.39, 0.29) is 11.5 Å². The van der Waals surface area contributed by atoms with Crippen LogP contribution < -0.4 is 21.5 Å². The lowest BCUT2D eigenvalue weighted by Crippen LogP contribution is -2.44. The third-order valence-electron chi connectivity index (χ3n) is 1.98. The zero-order chi connectivity index (χ0) is 13.0. The Bertz CT molecular complexity index is 430. The Balaban J connectivity index is 2.54. The molecule has 94 valence electrons. The third kappa shape index (κ3) is 3.34. The Morgan fingerprint density at radius 1 is 1.71 bits per heavy atom. The van der Waals surface area contributed by atoms with Gasteiger partial charge in [-0.15, -0.1) is 0 Å². The molecular formula is C8H12N5O4-. The summed E-state index contributed by atoms with van der Waals surface area (Å²) in [5.41, 5.74) is 5.80. The van der Waals surface area contributed by atoms with Crippen molar-refractivity contribution >= 4 is 23.5 Å². The van der Waals surface area contributed by atoms with Gasteiger partial charge in [0.2, 0.25) is 0 Å². The standard InChI is InChI=1S/C8H13N5O4/c1-13-6(9)4(2-11-13)12-7(15)5(14)3-10-8(16)17/h2,5,10,14H,3,9H2,1H3,(H,12,15)(H,16,17)/p-1. The van der Waals surface area contributed by atoms with Gasteiger partial charge in [0.1, 0.15) is 23.7 Å². The van der Waals surface area contributed by atoms with Gasteiger partial charge in [0.25, 0.3) is 5.91 Å². The second-order valence-corrected chi connectivity index (χ2v) is 3.24. The van der Waals surface area contributed by atoms with E-state index in [2.05, 4.69) is 10.4 Å². The van der Waals surface area contributed by atoms with Crippen molar-refractivity contribution in [3.63, 3.8) is 0 Å². The molecule has 0 saturated carbocycles. The molecule has 1 rings (SSSR count). The number of rotatable bonds is 4. The van der Waals surface area contributed by atoms with Crippen LogP contribution in [0.3, 0.4) is 0 Å². The molecule has 9 nitrogen and oxygen atoms in total. The third-order valence-corrected chi connectivity index (χ3v) is 1.98. The average Bonchev–Trinajstić information content (AvgIpc) is 2.57. The molecule has 0 aromatic carbocycles. The number of nitrogen functional groups attached to an aromatic ring is 1. The fraction of sp³-hybridized carbons (Fsp3) is 0.375. The SMILES string of the molecule is Cn1ncc(NC(=O)C(O)CNC(=O)[O-])c1N. The molecule has 0 aliphatic rings. The van der Waals surface area contributed by atoms with Gasteiger partial charge in [-0.25, -0.2) is 0 Å². The number of nitrogens with two attached hydrogens (primary N) is 1. The lowest BCUT2D eigenvalue weighted by atomic mass is 10.3. The van der Waals surface area contributed by atoms with Gasteiger partial charge < -0.3 is 31.4 Å². The maximum Gasteiger partial charge on any atom is 0.255 e. The molecule has 5 N–H and O–H groups in total. The van der Waals surface area contributed by atoms with Crippen molar-refractivity contribution in [1.29, 1.82) is 0 Å². The maximum absolute atomic E-state index is 11.4. The van der Waals surface area contributed by atoms with Crippen LogP contribution in [0.15, 0.2) is 6.20 Å². The van der Waals surface area contributed by atoms with E-state index < -0.39 is 24.6 Å².